The summed E-state index contributed by atoms with van der Waals surface area (Å²) in [7, 11) is 3.37. The van der Waals surface area contributed by atoms with E-state index in [1.54, 1.807) is 26.5 Å². The van der Waals surface area contributed by atoms with Crippen molar-refractivity contribution in [2.75, 3.05) is 64.2 Å². The van der Waals surface area contributed by atoms with Gasteiger partial charge in [0.2, 0.25) is 11.8 Å². The number of rotatable bonds is 10. The van der Waals surface area contributed by atoms with Gasteiger partial charge in [0.25, 0.3) is 0 Å². The van der Waals surface area contributed by atoms with Gasteiger partial charge in [-0.15, -0.1) is 5.10 Å². The molecule has 0 atom stereocenters. The van der Waals surface area contributed by atoms with Crippen molar-refractivity contribution < 1.29 is 18.6 Å². The fraction of sp³-hybridized carbons (Fsp3) is 0.300. The van der Waals surface area contributed by atoms with Gasteiger partial charge in [0.1, 0.15) is 18.1 Å². The van der Waals surface area contributed by atoms with Gasteiger partial charge in [0.15, 0.2) is 11.4 Å². The van der Waals surface area contributed by atoms with Gasteiger partial charge in [-0.2, -0.15) is 4.52 Å². The highest BCUT2D eigenvalue weighted by atomic mass is 16.5. The van der Waals surface area contributed by atoms with Crippen LogP contribution in [-0.2, 0) is 11.3 Å². The molecule has 0 radical (unpaired) electrons. The molecule has 11 nitrogen and oxygen atoms in total. The Balaban J connectivity index is 1.14. The number of ether oxygens (including phenoxy) is 3. The monoisotopic (exact) mass is 555 g/mol. The third-order valence-corrected chi connectivity index (χ3v) is 7.19. The molecular weight excluding hydrogens is 522 g/mol. The Bertz CT molecular complexity index is 1590. The topological polar surface area (TPSA) is 116 Å². The number of piperazine rings is 1. The lowest BCUT2D eigenvalue weighted by Gasteiger charge is -2.36. The van der Waals surface area contributed by atoms with Crippen LogP contribution in [0.2, 0.25) is 0 Å². The first-order valence-corrected chi connectivity index (χ1v) is 13.5. The first kappa shape index (κ1) is 26.6. The van der Waals surface area contributed by atoms with E-state index in [1.807, 2.05) is 36.4 Å². The SMILES string of the molecule is COCCOc1ccc(N2CCN(Cc3cc(-c4cc5nc(-c6ccco6)nn5c(N)n4)ccc3OC)CC2)cc1. The van der Waals surface area contributed by atoms with Crippen molar-refractivity contribution in [3.63, 3.8) is 0 Å². The number of benzene rings is 2. The van der Waals surface area contributed by atoms with Crippen molar-refractivity contribution in [1.29, 1.82) is 0 Å². The minimum Gasteiger partial charge on any atom is -0.496 e. The Labute approximate surface area is 238 Å². The Morgan fingerprint density at radius 1 is 0.927 bits per heavy atom. The smallest absolute Gasteiger partial charge is 0.223 e. The molecule has 2 aromatic carbocycles. The molecule has 4 heterocycles. The Morgan fingerprint density at radius 2 is 1.76 bits per heavy atom. The first-order chi connectivity index (χ1) is 20.1. The van der Waals surface area contributed by atoms with Crippen LogP contribution in [0.3, 0.4) is 0 Å². The number of nitrogens with zero attached hydrogens (tertiary/aromatic N) is 6. The van der Waals surface area contributed by atoms with Gasteiger partial charge < -0.3 is 29.3 Å². The normalized spacial score (nSPS) is 14.0. The number of nitrogens with two attached hydrogens (primary N) is 1. The fourth-order valence-corrected chi connectivity index (χ4v) is 5.03. The Kier molecular flexibility index (Phi) is 7.70. The van der Waals surface area contributed by atoms with Crippen LogP contribution in [-0.4, -0.2) is 78.1 Å². The maximum atomic E-state index is 6.27. The van der Waals surface area contributed by atoms with Gasteiger partial charge in [-0.3, -0.25) is 4.90 Å². The summed E-state index contributed by atoms with van der Waals surface area (Å²) < 4.78 is 23.4. The predicted molar refractivity (Wildman–Crippen MR) is 156 cm³/mol. The second kappa shape index (κ2) is 11.9. The molecule has 0 amide bonds. The van der Waals surface area contributed by atoms with Gasteiger partial charge in [0, 0.05) is 62.7 Å². The molecule has 1 aliphatic heterocycles. The zero-order valence-corrected chi connectivity index (χ0v) is 23.2. The predicted octanol–water partition coefficient (Wildman–Crippen LogP) is 3.99. The Morgan fingerprint density at radius 3 is 2.49 bits per heavy atom. The highest BCUT2D eigenvalue weighted by Gasteiger charge is 2.20. The second-order valence-electron chi connectivity index (χ2n) is 9.81. The maximum absolute atomic E-state index is 6.27. The molecule has 41 heavy (non-hydrogen) atoms. The molecule has 11 heteroatoms. The van der Waals surface area contributed by atoms with Gasteiger partial charge in [0.05, 0.1) is 25.7 Å². The summed E-state index contributed by atoms with van der Waals surface area (Å²) in [5.74, 6) is 2.99. The quantitative estimate of drug-likeness (QED) is 0.254. The van der Waals surface area contributed by atoms with E-state index >= 15 is 0 Å². The standard InChI is InChI=1S/C30H33N7O4/c1-38-16-17-40-24-8-6-23(7-9-24)36-13-11-35(12-14-36)20-22-18-21(5-10-26(22)39-2)25-19-28-33-29(27-4-3-15-41-27)34-37(28)30(31)32-25/h3-10,15,18-19H,11-14,16-17,20H2,1-2H3,(H2,31,32). The van der Waals surface area contributed by atoms with Crippen LogP contribution in [0.4, 0.5) is 11.6 Å². The number of fused-ring (bicyclic) bond motifs is 1. The van der Waals surface area contributed by atoms with Gasteiger partial charge >= 0.3 is 0 Å². The number of anilines is 2. The molecule has 0 spiro atoms. The van der Waals surface area contributed by atoms with Crippen LogP contribution < -0.4 is 20.1 Å². The van der Waals surface area contributed by atoms with Crippen LogP contribution in [0.25, 0.3) is 28.5 Å². The van der Waals surface area contributed by atoms with E-state index in [1.165, 1.54) is 10.2 Å². The minimum atomic E-state index is 0.255. The van der Waals surface area contributed by atoms with E-state index < -0.39 is 0 Å². The zero-order valence-electron chi connectivity index (χ0n) is 23.2. The number of methoxy groups -OCH3 is 2. The second-order valence-corrected chi connectivity index (χ2v) is 9.81. The van der Waals surface area contributed by atoms with Crippen molar-refractivity contribution in [2.24, 2.45) is 0 Å². The number of aromatic nitrogens is 4. The molecule has 212 valence electrons. The average molecular weight is 556 g/mol. The molecule has 0 unspecified atom stereocenters. The molecular formula is C30H33N7O4. The zero-order chi connectivity index (χ0) is 28.2. The van der Waals surface area contributed by atoms with Gasteiger partial charge in [-0.25, -0.2) is 9.97 Å². The number of hydrogen-bond donors (Lipinski definition) is 1. The third kappa shape index (κ3) is 5.81. The third-order valence-electron chi connectivity index (χ3n) is 7.19. The molecule has 1 saturated heterocycles. The summed E-state index contributed by atoms with van der Waals surface area (Å²) >= 11 is 0. The van der Waals surface area contributed by atoms with Crippen molar-refractivity contribution in [2.45, 2.75) is 6.54 Å². The maximum Gasteiger partial charge on any atom is 0.223 e. The van der Waals surface area contributed by atoms with Crippen molar-refractivity contribution >= 4 is 17.3 Å². The summed E-state index contributed by atoms with van der Waals surface area (Å²) in [6, 6.07) is 19.9. The summed E-state index contributed by atoms with van der Waals surface area (Å²) in [6.45, 7) is 5.63. The van der Waals surface area contributed by atoms with Crippen LogP contribution in [0.1, 0.15) is 5.56 Å². The molecule has 2 N–H and O–H groups in total. The van der Waals surface area contributed by atoms with E-state index in [-0.39, 0.29) is 5.95 Å². The molecule has 3 aromatic heterocycles. The van der Waals surface area contributed by atoms with Crippen molar-refractivity contribution in [3.8, 4) is 34.3 Å². The largest absolute Gasteiger partial charge is 0.496 e. The van der Waals surface area contributed by atoms with E-state index in [0.29, 0.717) is 30.4 Å². The lowest BCUT2D eigenvalue weighted by molar-refractivity contribution is 0.146. The van der Waals surface area contributed by atoms with Crippen LogP contribution in [0.15, 0.2) is 71.3 Å². The van der Waals surface area contributed by atoms with Crippen LogP contribution >= 0.6 is 0 Å². The molecule has 0 saturated carbocycles. The number of nitrogen functional groups attached to an aromatic ring is 1. The summed E-state index contributed by atoms with van der Waals surface area (Å²) in [6.07, 6.45) is 1.59. The summed E-state index contributed by atoms with van der Waals surface area (Å²) in [5, 5.41) is 4.44. The van der Waals surface area contributed by atoms with Crippen LogP contribution in [0.5, 0.6) is 11.5 Å². The molecule has 0 bridgehead atoms. The fourth-order valence-electron chi connectivity index (χ4n) is 5.03. The summed E-state index contributed by atoms with van der Waals surface area (Å²) in [4.78, 5) is 14.1. The molecule has 6 rings (SSSR count). The van der Waals surface area contributed by atoms with Gasteiger partial charge in [-0.05, 0) is 54.6 Å². The lowest BCUT2D eigenvalue weighted by Crippen LogP contribution is -2.46. The lowest BCUT2D eigenvalue weighted by atomic mass is 10.1. The van der Waals surface area contributed by atoms with Crippen LogP contribution in [0, 0.1) is 0 Å². The molecule has 1 aliphatic rings. The highest BCUT2D eigenvalue weighted by Crippen LogP contribution is 2.29. The number of hydrogen-bond acceptors (Lipinski definition) is 10. The van der Waals surface area contributed by atoms with E-state index in [4.69, 9.17) is 24.4 Å². The minimum absolute atomic E-state index is 0.255. The van der Waals surface area contributed by atoms with Crippen molar-refractivity contribution in [3.05, 3.63) is 72.5 Å². The van der Waals surface area contributed by atoms with Crippen molar-refractivity contribution in [1.82, 2.24) is 24.5 Å². The molecule has 1 fully saturated rings. The Hall–Kier alpha value is -4.61. The number of furan rings is 1. The van der Waals surface area contributed by atoms with E-state index in [2.05, 4.69) is 43.1 Å². The summed E-state index contributed by atoms with van der Waals surface area (Å²) in [5.41, 5.74) is 10.8. The molecule has 5 aromatic rings. The van der Waals surface area contributed by atoms with E-state index in [9.17, 15) is 0 Å². The average Bonchev–Trinajstić information content (AvgIpc) is 3.69. The first-order valence-electron chi connectivity index (χ1n) is 13.5. The molecule has 0 aliphatic carbocycles. The highest BCUT2D eigenvalue weighted by molar-refractivity contribution is 5.68. The van der Waals surface area contributed by atoms with E-state index in [0.717, 1.165) is 61.0 Å². The van der Waals surface area contributed by atoms with Gasteiger partial charge in [-0.1, -0.05) is 0 Å².